The Morgan fingerprint density at radius 3 is 2.77 bits per heavy atom. The fourth-order valence-electron chi connectivity index (χ4n) is 4.17. The average molecular weight is 477 g/mol. The van der Waals surface area contributed by atoms with Crippen molar-refractivity contribution in [1.82, 2.24) is 14.7 Å². The van der Waals surface area contributed by atoms with Crippen molar-refractivity contribution in [2.24, 2.45) is 13.0 Å². The smallest absolute Gasteiger partial charge is 0.227 e. The number of halogens is 1. The summed E-state index contributed by atoms with van der Waals surface area (Å²) < 4.78 is 14.3. The number of morpholine rings is 1. The molecule has 1 amide bonds. The van der Waals surface area contributed by atoms with E-state index in [-0.39, 0.29) is 11.8 Å². The van der Waals surface area contributed by atoms with Crippen molar-refractivity contribution in [2.45, 2.75) is 25.7 Å². The van der Waals surface area contributed by atoms with Gasteiger partial charge in [0.05, 0.1) is 29.6 Å². The molecule has 2 aliphatic rings. The van der Waals surface area contributed by atoms with Crippen LogP contribution in [0.2, 0.25) is 0 Å². The van der Waals surface area contributed by atoms with Gasteiger partial charge in [0.25, 0.3) is 0 Å². The number of carbonyl (C=O) groups is 1. The van der Waals surface area contributed by atoms with Crippen molar-refractivity contribution in [3.63, 3.8) is 0 Å². The summed E-state index contributed by atoms with van der Waals surface area (Å²) in [5, 5.41) is 7.44. The largest absolute Gasteiger partial charge is 0.492 e. The number of rotatable bonds is 7. The number of nitrogens with one attached hydrogen (secondary N) is 1. The second-order valence-electron chi connectivity index (χ2n) is 7.95. The molecule has 30 heavy (non-hydrogen) atoms. The predicted molar refractivity (Wildman–Crippen MR) is 120 cm³/mol. The quantitative estimate of drug-likeness (QED) is 0.659. The van der Waals surface area contributed by atoms with E-state index in [0.717, 1.165) is 85.7 Å². The molecule has 0 radical (unpaired) electrons. The van der Waals surface area contributed by atoms with Gasteiger partial charge in [-0.25, -0.2) is 0 Å². The van der Waals surface area contributed by atoms with Gasteiger partial charge in [0.1, 0.15) is 12.4 Å². The van der Waals surface area contributed by atoms with Gasteiger partial charge in [0, 0.05) is 43.9 Å². The third-order valence-corrected chi connectivity index (χ3v) is 6.47. The fraction of sp³-hybridized carbons (Fsp3) is 0.545. The molecule has 162 valence electrons. The third-order valence-electron chi connectivity index (χ3n) is 5.89. The van der Waals surface area contributed by atoms with Gasteiger partial charge in [-0.1, -0.05) is 12.8 Å². The van der Waals surface area contributed by atoms with Crippen LogP contribution in [0.5, 0.6) is 5.75 Å². The van der Waals surface area contributed by atoms with E-state index in [0.29, 0.717) is 6.61 Å². The van der Waals surface area contributed by atoms with Crippen LogP contribution in [-0.2, 0) is 16.6 Å². The molecule has 1 aliphatic heterocycles. The molecule has 1 N–H and O–H groups in total. The van der Waals surface area contributed by atoms with Gasteiger partial charge in [-0.3, -0.25) is 14.4 Å². The Kier molecular flexibility index (Phi) is 7.07. The molecule has 1 aromatic heterocycles. The predicted octanol–water partition coefficient (Wildman–Crippen LogP) is 3.69. The molecule has 2 aromatic rings. The molecular weight excluding hydrogens is 448 g/mol. The van der Waals surface area contributed by atoms with Crippen LogP contribution in [0.25, 0.3) is 11.3 Å². The summed E-state index contributed by atoms with van der Waals surface area (Å²) in [6, 6.07) is 5.85. The summed E-state index contributed by atoms with van der Waals surface area (Å²) in [4.78, 5) is 14.9. The summed E-state index contributed by atoms with van der Waals surface area (Å²) in [5.74, 6) is 1.02. The van der Waals surface area contributed by atoms with Crippen molar-refractivity contribution in [3.8, 4) is 17.0 Å². The van der Waals surface area contributed by atoms with E-state index in [4.69, 9.17) is 9.47 Å². The molecular formula is C22H29BrN4O3. The monoisotopic (exact) mass is 476 g/mol. The molecule has 2 heterocycles. The van der Waals surface area contributed by atoms with Crippen molar-refractivity contribution >= 4 is 27.5 Å². The summed E-state index contributed by atoms with van der Waals surface area (Å²) in [5.41, 5.74) is 2.62. The minimum atomic E-state index is 0.114. The normalized spacial score (nSPS) is 17.9. The standard InChI is InChI=1S/C22H29BrN4O3/c1-26-21(19(23)15-24-26)18-14-17(25-22(28)16-4-2-3-5-16)6-7-20(18)30-13-10-27-8-11-29-12-9-27/h6-7,14-16H,2-5,8-13H2,1H3,(H,25,28). The average Bonchev–Trinajstić information content (AvgIpc) is 3.40. The fourth-order valence-corrected chi connectivity index (χ4v) is 4.74. The molecule has 1 saturated heterocycles. The first kappa shape index (κ1) is 21.3. The highest BCUT2D eigenvalue weighted by atomic mass is 79.9. The molecule has 7 nitrogen and oxygen atoms in total. The van der Waals surface area contributed by atoms with E-state index in [1.807, 2.05) is 29.9 Å². The lowest BCUT2D eigenvalue weighted by Gasteiger charge is -2.26. The van der Waals surface area contributed by atoms with E-state index in [9.17, 15) is 4.79 Å². The molecule has 0 spiro atoms. The van der Waals surface area contributed by atoms with Crippen LogP contribution in [0.3, 0.4) is 0 Å². The Hall–Kier alpha value is -1.90. The minimum absolute atomic E-state index is 0.114. The van der Waals surface area contributed by atoms with Gasteiger partial charge in [-0.05, 0) is 47.0 Å². The lowest BCUT2D eigenvalue weighted by molar-refractivity contribution is -0.119. The highest BCUT2D eigenvalue weighted by Gasteiger charge is 2.23. The number of ether oxygens (including phenoxy) is 2. The maximum absolute atomic E-state index is 12.6. The number of hydrogen-bond donors (Lipinski definition) is 1. The number of benzene rings is 1. The van der Waals surface area contributed by atoms with Crippen LogP contribution in [0.1, 0.15) is 25.7 Å². The van der Waals surface area contributed by atoms with E-state index in [1.165, 1.54) is 0 Å². The molecule has 0 unspecified atom stereocenters. The Morgan fingerprint density at radius 1 is 1.30 bits per heavy atom. The zero-order valence-corrected chi connectivity index (χ0v) is 19.0. The van der Waals surface area contributed by atoms with Crippen molar-refractivity contribution in [3.05, 3.63) is 28.9 Å². The van der Waals surface area contributed by atoms with Gasteiger partial charge < -0.3 is 14.8 Å². The second kappa shape index (κ2) is 9.94. The number of nitrogens with zero attached hydrogens (tertiary/aromatic N) is 3. The lowest BCUT2D eigenvalue weighted by atomic mass is 10.1. The molecule has 2 fully saturated rings. The molecule has 8 heteroatoms. The SMILES string of the molecule is Cn1ncc(Br)c1-c1cc(NC(=O)C2CCCC2)ccc1OCCN1CCOCC1. The van der Waals surface area contributed by atoms with Crippen molar-refractivity contribution in [1.29, 1.82) is 0 Å². The van der Waals surface area contributed by atoms with E-state index >= 15 is 0 Å². The Balaban J connectivity index is 1.51. The zero-order chi connectivity index (χ0) is 20.9. The van der Waals surface area contributed by atoms with Gasteiger partial charge >= 0.3 is 0 Å². The number of aromatic nitrogens is 2. The molecule has 1 saturated carbocycles. The molecule has 0 atom stereocenters. The van der Waals surface area contributed by atoms with E-state index in [1.54, 1.807) is 6.20 Å². The summed E-state index contributed by atoms with van der Waals surface area (Å²) >= 11 is 3.60. The first-order chi connectivity index (χ1) is 14.6. The van der Waals surface area contributed by atoms with Gasteiger partial charge in [-0.15, -0.1) is 0 Å². The number of carbonyl (C=O) groups excluding carboxylic acids is 1. The van der Waals surface area contributed by atoms with E-state index in [2.05, 4.69) is 31.2 Å². The lowest BCUT2D eigenvalue weighted by Crippen LogP contribution is -2.38. The van der Waals surface area contributed by atoms with Crippen LogP contribution in [0, 0.1) is 5.92 Å². The highest BCUT2D eigenvalue weighted by molar-refractivity contribution is 9.10. The van der Waals surface area contributed by atoms with E-state index < -0.39 is 0 Å². The summed E-state index contributed by atoms with van der Waals surface area (Å²) in [6.07, 6.45) is 6.02. The summed E-state index contributed by atoms with van der Waals surface area (Å²) in [6.45, 7) is 4.89. The van der Waals surface area contributed by atoms with Crippen LogP contribution < -0.4 is 10.1 Å². The van der Waals surface area contributed by atoms with Crippen molar-refractivity contribution < 1.29 is 14.3 Å². The Labute approximate surface area is 185 Å². The summed E-state index contributed by atoms with van der Waals surface area (Å²) in [7, 11) is 1.90. The van der Waals surface area contributed by atoms with Crippen LogP contribution in [0.4, 0.5) is 5.69 Å². The number of hydrogen-bond acceptors (Lipinski definition) is 5. The molecule has 1 aromatic carbocycles. The topological polar surface area (TPSA) is 68.6 Å². The number of amides is 1. The number of anilines is 1. The molecule has 4 rings (SSSR count). The van der Waals surface area contributed by atoms with Crippen LogP contribution >= 0.6 is 15.9 Å². The molecule has 1 aliphatic carbocycles. The van der Waals surface area contributed by atoms with Gasteiger partial charge in [0.2, 0.25) is 5.91 Å². The first-order valence-corrected chi connectivity index (χ1v) is 11.5. The Morgan fingerprint density at radius 2 is 2.07 bits per heavy atom. The highest BCUT2D eigenvalue weighted by Crippen LogP contribution is 2.37. The van der Waals surface area contributed by atoms with Gasteiger partial charge in [-0.2, -0.15) is 5.10 Å². The maximum Gasteiger partial charge on any atom is 0.227 e. The van der Waals surface area contributed by atoms with Crippen LogP contribution in [-0.4, -0.2) is 60.0 Å². The maximum atomic E-state index is 12.6. The van der Waals surface area contributed by atoms with Gasteiger partial charge in [0.15, 0.2) is 0 Å². The second-order valence-corrected chi connectivity index (χ2v) is 8.80. The molecule has 0 bridgehead atoms. The Bertz CT molecular complexity index is 854. The number of aryl methyl sites for hydroxylation is 1. The minimum Gasteiger partial charge on any atom is -0.492 e. The zero-order valence-electron chi connectivity index (χ0n) is 17.4. The van der Waals surface area contributed by atoms with Crippen LogP contribution in [0.15, 0.2) is 28.9 Å². The first-order valence-electron chi connectivity index (χ1n) is 10.7. The van der Waals surface area contributed by atoms with Crippen molar-refractivity contribution in [2.75, 3.05) is 44.8 Å². The third kappa shape index (κ3) is 5.04.